The third kappa shape index (κ3) is 2.95. The van der Waals surface area contributed by atoms with E-state index in [1.807, 2.05) is 0 Å². The predicted octanol–water partition coefficient (Wildman–Crippen LogP) is 4.09. The fourth-order valence-electron chi connectivity index (χ4n) is 3.21. The van der Waals surface area contributed by atoms with Gasteiger partial charge in [0.25, 0.3) is 0 Å². The van der Waals surface area contributed by atoms with Crippen LogP contribution in [0.3, 0.4) is 0 Å². The lowest BCUT2D eigenvalue weighted by Gasteiger charge is -2.23. The maximum atomic E-state index is 3.35. The molecule has 2 atom stereocenters. The van der Waals surface area contributed by atoms with E-state index in [2.05, 4.69) is 57.4 Å². The average Bonchev–Trinajstić information content (AvgIpc) is 2.77. The summed E-state index contributed by atoms with van der Waals surface area (Å²) in [7, 11) is 2.07. The standard InChI is InChI=1S/C17H27N/c1-17(2,3)15-10-8-13(9-11-15)16-7-5-6-14(16)12-18-4/h8-11,14,16,18H,5-7,12H2,1-4H3. The monoisotopic (exact) mass is 245 g/mol. The summed E-state index contributed by atoms with van der Waals surface area (Å²) in [6.45, 7) is 8.00. The molecule has 100 valence electrons. The molecule has 2 unspecified atom stereocenters. The topological polar surface area (TPSA) is 12.0 Å². The van der Waals surface area contributed by atoms with E-state index in [-0.39, 0.29) is 5.41 Å². The van der Waals surface area contributed by atoms with Gasteiger partial charge in [0.15, 0.2) is 0 Å². The van der Waals surface area contributed by atoms with Crippen molar-refractivity contribution >= 4 is 0 Å². The molecule has 0 aliphatic heterocycles. The van der Waals surface area contributed by atoms with E-state index in [0.29, 0.717) is 0 Å². The van der Waals surface area contributed by atoms with Crippen molar-refractivity contribution in [1.82, 2.24) is 5.32 Å². The van der Waals surface area contributed by atoms with Gasteiger partial charge in [-0.3, -0.25) is 0 Å². The molecule has 0 saturated heterocycles. The fourth-order valence-corrected chi connectivity index (χ4v) is 3.21. The maximum absolute atomic E-state index is 3.35. The molecule has 1 aliphatic carbocycles. The third-order valence-electron chi connectivity index (χ3n) is 4.33. The Hall–Kier alpha value is -0.820. The van der Waals surface area contributed by atoms with Crippen LogP contribution in [-0.4, -0.2) is 13.6 Å². The molecule has 1 nitrogen and oxygen atoms in total. The fraction of sp³-hybridized carbons (Fsp3) is 0.647. The Bertz CT molecular complexity index is 372. The highest BCUT2D eigenvalue weighted by Crippen LogP contribution is 2.39. The lowest BCUT2D eigenvalue weighted by Crippen LogP contribution is -2.21. The van der Waals surface area contributed by atoms with Crippen molar-refractivity contribution in [3.63, 3.8) is 0 Å². The molecule has 1 aromatic carbocycles. The molecular formula is C17H27N. The third-order valence-corrected chi connectivity index (χ3v) is 4.33. The van der Waals surface area contributed by atoms with Crippen LogP contribution < -0.4 is 5.32 Å². The molecule has 1 N–H and O–H groups in total. The Morgan fingerprint density at radius 2 is 1.78 bits per heavy atom. The van der Waals surface area contributed by atoms with Gasteiger partial charge in [0.2, 0.25) is 0 Å². The highest BCUT2D eigenvalue weighted by atomic mass is 14.8. The second-order valence-corrected chi connectivity index (χ2v) is 6.73. The van der Waals surface area contributed by atoms with Crippen molar-refractivity contribution in [2.75, 3.05) is 13.6 Å². The molecule has 0 bridgehead atoms. The molecule has 1 aliphatic rings. The van der Waals surface area contributed by atoms with E-state index in [1.54, 1.807) is 5.56 Å². The summed E-state index contributed by atoms with van der Waals surface area (Å²) in [6.07, 6.45) is 4.13. The first kappa shape index (κ1) is 13.6. The lowest BCUT2D eigenvalue weighted by molar-refractivity contribution is 0.462. The van der Waals surface area contributed by atoms with Crippen LogP contribution in [0.2, 0.25) is 0 Å². The van der Waals surface area contributed by atoms with E-state index in [9.17, 15) is 0 Å². The van der Waals surface area contributed by atoms with Crippen molar-refractivity contribution in [2.45, 2.75) is 51.4 Å². The first-order valence-electron chi connectivity index (χ1n) is 7.27. The van der Waals surface area contributed by atoms with Gasteiger partial charge in [-0.25, -0.2) is 0 Å². The minimum absolute atomic E-state index is 0.262. The van der Waals surface area contributed by atoms with Crippen molar-refractivity contribution in [1.29, 1.82) is 0 Å². The molecule has 18 heavy (non-hydrogen) atoms. The maximum Gasteiger partial charge on any atom is -0.00177 e. The summed E-state index contributed by atoms with van der Waals surface area (Å²) >= 11 is 0. The largest absolute Gasteiger partial charge is 0.319 e. The van der Waals surface area contributed by atoms with E-state index in [0.717, 1.165) is 18.4 Å². The molecule has 0 amide bonds. The summed E-state index contributed by atoms with van der Waals surface area (Å²) in [5.74, 6) is 1.60. The first-order chi connectivity index (χ1) is 8.52. The zero-order valence-electron chi connectivity index (χ0n) is 12.3. The number of hydrogen-bond acceptors (Lipinski definition) is 1. The van der Waals surface area contributed by atoms with Gasteiger partial charge in [-0.05, 0) is 54.8 Å². The number of hydrogen-bond donors (Lipinski definition) is 1. The van der Waals surface area contributed by atoms with Gasteiger partial charge < -0.3 is 5.32 Å². The van der Waals surface area contributed by atoms with Gasteiger partial charge in [0, 0.05) is 0 Å². The zero-order chi connectivity index (χ0) is 13.2. The first-order valence-corrected chi connectivity index (χ1v) is 7.27. The van der Waals surface area contributed by atoms with E-state index in [1.165, 1.54) is 24.8 Å². The van der Waals surface area contributed by atoms with Crippen LogP contribution in [0, 0.1) is 5.92 Å². The zero-order valence-corrected chi connectivity index (χ0v) is 12.3. The van der Waals surface area contributed by atoms with Gasteiger partial charge in [-0.15, -0.1) is 0 Å². The summed E-state index contributed by atoms with van der Waals surface area (Å²) in [5.41, 5.74) is 3.24. The van der Waals surface area contributed by atoms with Crippen molar-refractivity contribution in [2.24, 2.45) is 5.92 Å². The Kier molecular flexibility index (Phi) is 4.11. The van der Waals surface area contributed by atoms with Crippen LogP contribution in [0.4, 0.5) is 0 Å². The van der Waals surface area contributed by atoms with Crippen molar-refractivity contribution in [3.05, 3.63) is 35.4 Å². The molecule has 2 rings (SSSR count). The number of nitrogens with one attached hydrogen (secondary N) is 1. The lowest BCUT2D eigenvalue weighted by atomic mass is 9.83. The van der Waals surface area contributed by atoms with Crippen molar-refractivity contribution < 1.29 is 0 Å². The van der Waals surface area contributed by atoms with Gasteiger partial charge in [-0.1, -0.05) is 51.5 Å². The van der Waals surface area contributed by atoms with E-state index in [4.69, 9.17) is 0 Å². The van der Waals surface area contributed by atoms with Crippen LogP contribution in [0.25, 0.3) is 0 Å². The molecule has 1 aromatic rings. The Morgan fingerprint density at radius 3 is 2.33 bits per heavy atom. The predicted molar refractivity (Wildman–Crippen MR) is 79.2 cm³/mol. The highest BCUT2D eigenvalue weighted by molar-refractivity contribution is 5.30. The Labute approximate surface area is 112 Å². The van der Waals surface area contributed by atoms with Crippen LogP contribution in [0.15, 0.2) is 24.3 Å². The highest BCUT2D eigenvalue weighted by Gasteiger charge is 2.28. The molecule has 0 spiro atoms. The second kappa shape index (κ2) is 5.44. The molecule has 1 saturated carbocycles. The molecule has 1 fully saturated rings. The normalized spacial score (nSPS) is 24.4. The summed E-state index contributed by atoms with van der Waals surface area (Å²) in [4.78, 5) is 0. The molecule has 0 heterocycles. The Balaban J connectivity index is 2.14. The molecular weight excluding hydrogens is 218 g/mol. The average molecular weight is 245 g/mol. The van der Waals surface area contributed by atoms with Crippen LogP contribution in [0.1, 0.15) is 57.1 Å². The van der Waals surface area contributed by atoms with Gasteiger partial charge >= 0.3 is 0 Å². The molecule has 1 heteroatoms. The van der Waals surface area contributed by atoms with Crippen LogP contribution >= 0.6 is 0 Å². The number of rotatable bonds is 3. The molecule has 0 radical (unpaired) electrons. The summed E-state index contributed by atoms with van der Waals surface area (Å²) in [6, 6.07) is 9.37. The summed E-state index contributed by atoms with van der Waals surface area (Å²) < 4.78 is 0. The van der Waals surface area contributed by atoms with Gasteiger partial charge in [0.05, 0.1) is 0 Å². The number of benzene rings is 1. The van der Waals surface area contributed by atoms with Crippen LogP contribution in [-0.2, 0) is 5.41 Å². The Morgan fingerprint density at radius 1 is 1.11 bits per heavy atom. The quantitative estimate of drug-likeness (QED) is 0.846. The van der Waals surface area contributed by atoms with E-state index < -0.39 is 0 Å². The minimum Gasteiger partial charge on any atom is -0.319 e. The van der Waals surface area contributed by atoms with Crippen molar-refractivity contribution in [3.8, 4) is 0 Å². The molecule has 0 aromatic heterocycles. The van der Waals surface area contributed by atoms with Crippen LogP contribution in [0.5, 0.6) is 0 Å². The van der Waals surface area contributed by atoms with Gasteiger partial charge in [-0.2, -0.15) is 0 Å². The van der Waals surface area contributed by atoms with Gasteiger partial charge in [0.1, 0.15) is 0 Å². The summed E-state index contributed by atoms with van der Waals surface area (Å²) in [5, 5.41) is 3.35. The van der Waals surface area contributed by atoms with E-state index >= 15 is 0 Å². The second-order valence-electron chi connectivity index (χ2n) is 6.73. The smallest absolute Gasteiger partial charge is 0.00177 e. The minimum atomic E-state index is 0.262. The SMILES string of the molecule is CNCC1CCCC1c1ccc(C(C)(C)C)cc1.